The van der Waals surface area contributed by atoms with Crippen LogP contribution in [0.2, 0.25) is 0 Å². The molecule has 1 aromatic carbocycles. The summed E-state index contributed by atoms with van der Waals surface area (Å²) in [6.07, 6.45) is 0.732. The molecule has 0 fully saturated rings. The quantitative estimate of drug-likeness (QED) is 0.487. The average Bonchev–Trinajstić information content (AvgIpc) is 3.04. The maximum Gasteiger partial charge on any atom is 0.216 e. The fourth-order valence-corrected chi connectivity index (χ4v) is 3.92. The Hall–Kier alpha value is -2.74. The van der Waals surface area contributed by atoms with Crippen LogP contribution in [0.1, 0.15) is 41.3 Å². The first kappa shape index (κ1) is 20.0. The maximum atomic E-state index is 12.8. The Morgan fingerprint density at radius 2 is 1.89 bits per heavy atom. The van der Waals surface area contributed by atoms with Gasteiger partial charge in [0.05, 0.1) is 5.25 Å². The van der Waals surface area contributed by atoms with E-state index in [1.807, 2.05) is 55.5 Å². The first-order chi connectivity index (χ1) is 13.3. The van der Waals surface area contributed by atoms with Crippen molar-refractivity contribution in [2.45, 2.75) is 44.5 Å². The molecule has 2 aromatic heterocycles. The van der Waals surface area contributed by atoms with Gasteiger partial charge in [-0.05, 0) is 32.8 Å². The summed E-state index contributed by atoms with van der Waals surface area (Å²) >= 11 is 1.38. The van der Waals surface area contributed by atoms with Gasteiger partial charge in [-0.3, -0.25) is 14.0 Å². The van der Waals surface area contributed by atoms with Crippen LogP contribution in [0.25, 0.3) is 5.65 Å². The number of rotatable bonds is 7. The van der Waals surface area contributed by atoms with Gasteiger partial charge in [-0.2, -0.15) is 0 Å². The third-order valence-electron chi connectivity index (χ3n) is 4.34. The van der Waals surface area contributed by atoms with E-state index < -0.39 is 0 Å². The van der Waals surface area contributed by atoms with Crippen LogP contribution in [-0.2, 0) is 11.2 Å². The van der Waals surface area contributed by atoms with Crippen molar-refractivity contribution < 1.29 is 9.59 Å². The summed E-state index contributed by atoms with van der Waals surface area (Å²) < 4.78 is 1.87. The molecule has 1 amide bonds. The zero-order valence-electron chi connectivity index (χ0n) is 16.4. The van der Waals surface area contributed by atoms with Gasteiger partial charge < -0.3 is 5.32 Å². The van der Waals surface area contributed by atoms with Crippen LogP contribution >= 0.6 is 11.8 Å². The summed E-state index contributed by atoms with van der Waals surface area (Å²) in [5.74, 6) is 0.790. The molecule has 146 valence electrons. The molecule has 3 aromatic rings. The van der Waals surface area contributed by atoms with Gasteiger partial charge in [0.2, 0.25) is 5.91 Å². The van der Waals surface area contributed by atoms with Crippen molar-refractivity contribution >= 4 is 29.1 Å². The molecule has 0 saturated carbocycles. The number of ketones is 1. The highest BCUT2D eigenvalue weighted by molar-refractivity contribution is 8.00. The first-order valence-corrected chi connectivity index (χ1v) is 9.96. The van der Waals surface area contributed by atoms with Crippen molar-refractivity contribution in [1.29, 1.82) is 0 Å². The van der Waals surface area contributed by atoms with E-state index in [0.29, 0.717) is 17.3 Å². The fourth-order valence-electron chi connectivity index (χ4n) is 2.94. The molecule has 3 rings (SSSR count). The Morgan fingerprint density at radius 3 is 2.57 bits per heavy atom. The van der Waals surface area contributed by atoms with Crippen LogP contribution in [0.5, 0.6) is 0 Å². The largest absolute Gasteiger partial charge is 0.356 e. The second-order valence-electron chi connectivity index (χ2n) is 6.68. The van der Waals surface area contributed by atoms with Gasteiger partial charge in [-0.15, -0.1) is 10.2 Å². The Morgan fingerprint density at radius 1 is 1.18 bits per heavy atom. The second kappa shape index (κ2) is 8.52. The molecule has 0 aliphatic heterocycles. The van der Waals surface area contributed by atoms with Crippen LogP contribution in [-0.4, -0.2) is 43.1 Å². The van der Waals surface area contributed by atoms with Gasteiger partial charge in [0, 0.05) is 30.8 Å². The van der Waals surface area contributed by atoms with Crippen LogP contribution in [0.4, 0.5) is 0 Å². The third-order valence-corrected chi connectivity index (χ3v) is 5.38. The number of amides is 1. The summed E-state index contributed by atoms with van der Waals surface area (Å²) in [6, 6.07) is 9.39. The average molecular weight is 398 g/mol. The smallest absolute Gasteiger partial charge is 0.216 e. The molecule has 0 spiro atoms. The fraction of sp³-hybridized carbons (Fsp3) is 0.350. The van der Waals surface area contributed by atoms with Crippen molar-refractivity contribution in [3.05, 3.63) is 53.0 Å². The normalized spacial score (nSPS) is 12.1. The molecule has 0 bridgehead atoms. The van der Waals surface area contributed by atoms with Gasteiger partial charge in [-0.25, -0.2) is 4.98 Å². The molecule has 1 N–H and O–H groups in total. The van der Waals surface area contributed by atoms with E-state index in [0.717, 1.165) is 29.1 Å². The SMILES string of the molecule is CC(=O)NCCc1ccc(C(=O)C(C)Sc2nnc3cc(C)nc(C)n23)cc1. The van der Waals surface area contributed by atoms with Crippen LogP contribution in [0, 0.1) is 13.8 Å². The number of hydrogen-bond acceptors (Lipinski definition) is 6. The van der Waals surface area contributed by atoms with Crippen LogP contribution in [0.3, 0.4) is 0 Å². The minimum Gasteiger partial charge on any atom is -0.356 e. The van der Waals surface area contributed by atoms with Crippen LogP contribution < -0.4 is 5.32 Å². The predicted molar refractivity (Wildman–Crippen MR) is 109 cm³/mol. The summed E-state index contributed by atoms with van der Waals surface area (Å²) in [5, 5.41) is 11.5. The predicted octanol–water partition coefficient (Wildman–Crippen LogP) is 2.78. The maximum absolute atomic E-state index is 12.8. The lowest BCUT2D eigenvalue weighted by Crippen LogP contribution is -2.22. The van der Waals surface area contributed by atoms with Gasteiger partial charge in [0.15, 0.2) is 16.6 Å². The number of Topliss-reactive ketones (excluding diaryl/α,β-unsaturated/α-hetero) is 1. The highest BCUT2D eigenvalue weighted by Crippen LogP contribution is 2.25. The Kier molecular flexibility index (Phi) is 6.08. The van der Waals surface area contributed by atoms with Gasteiger partial charge in [0.25, 0.3) is 0 Å². The number of carbonyl (C=O) groups excluding carboxylic acids is 2. The number of hydrogen-bond donors (Lipinski definition) is 1. The first-order valence-electron chi connectivity index (χ1n) is 9.09. The summed E-state index contributed by atoms with van der Waals surface area (Å²) in [7, 11) is 0. The molecule has 0 radical (unpaired) electrons. The number of carbonyl (C=O) groups is 2. The number of nitrogens with zero attached hydrogens (tertiary/aromatic N) is 4. The lowest BCUT2D eigenvalue weighted by atomic mass is 10.0. The van der Waals surface area contributed by atoms with E-state index >= 15 is 0 Å². The second-order valence-corrected chi connectivity index (χ2v) is 7.98. The van der Waals surface area contributed by atoms with Gasteiger partial charge in [0.1, 0.15) is 5.82 Å². The van der Waals surface area contributed by atoms with Crippen molar-refractivity contribution in [3.63, 3.8) is 0 Å². The lowest BCUT2D eigenvalue weighted by Gasteiger charge is -2.11. The highest BCUT2D eigenvalue weighted by atomic mass is 32.2. The van der Waals surface area contributed by atoms with Gasteiger partial charge in [-0.1, -0.05) is 36.0 Å². The zero-order valence-corrected chi connectivity index (χ0v) is 17.2. The zero-order chi connectivity index (χ0) is 20.3. The number of nitrogens with one attached hydrogen (secondary N) is 1. The van der Waals surface area contributed by atoms with Crippen molar-refractivity contribution in [2.24, 2.45) is 0 Å². The topological polar surface area (TPSA) is 89.2 Å². The number of thioether (sulfide) groups is 1. The molecule has 0 aliphatic carbocycles. The summed E-state index contributed by atoms with van der Waals surface area (Å²) in [4.78, 5) is 28.2. The number of benzene rings is 1. The van der Waals surface area contributed by atoms with E-state index in [-0.39, 0.29) is 16.9 Å². The molecule has 7 nitrogen and oxygen atoms in total. The summed E-state index contributed by atoms with van der Waals surface area (Å²) in [5.41, 5.74) is 3.35. The Labute approximate surface area is 168 Å². The molecule has 0 saturated heterocycles. The number of fused-ring (bicyclic) bond motifs is 1. The van der Waals surface area contributed by atoms with Crippen LogP contribution in [0.15, 0.2) is 35.5 Å². The third kappa shape index (κ3) is 4.56. The summed E-state index contributed by atoms with van der Waals surface area (Å²) in [6.45, 7) is 7.77. The molecule has 1 atom stereocenters. The van der Waals surface area contributed by atoms with E-state index in [1.165, 1.54) is 18.7 Å². The molecular formula is C20H23N5O2S. The van der Waals surface area contributed by atoms with Gasteiger partial charge >= 0.3 is 0 Å². The van der Waals surface area contributed by atoms with E-state index in [1.54, 1.807) is 0 Å². The number of aromatic nitrogens is 4. The Balaban J connectivity index is 1.69. The molecule has 8 heteroatoms. The van der Waals surface area contributed by atoms with Crippen molar-refractivity contribution in [3.8, 4) is 0 Å². The molecular weight excluding hydrogens is 374 g/mol. The molecule has 1 unspecified atom stereocenters. The van der Waals surface area contributed by atoms with Crippen molar-refractivity contribution in [1.82, 2.24) is 24.9 Å². The standard InChI is InChI=1S/C20H23N5O2S/c1-12-11-18-23-24-20(25(18)14(3)22-12)28-13(2)19(27)17-7-5-16(6-8-17)9-10-21-15(4)26/h5-8,11,13H,9-10H2,1-4H3,(H,21,26). The Bertz CT molecular complexity index is 1010. The lowest BCUT2D eigenvalue weighted by molar-refractivity contribution is -0.118. The minimum absolute atomic E-state index is 0.0351. The minimum atomic E-state index is -0.307. The van der Waals surface area contributed by atoms with Crippen molar-refractivity contribution in [2.75, 3.05) is 6.54 Å². The van der Waals surface area contributed by atoms with E-state index in [9.17, 15) is 9.59 Å². The number of aryl methyl sites for hydroxylation is 2. The van der Waals surface area contributed by atoms with E-state index in [4.69, 9.17) is 0 Å². The molecule has 28 heavy (non-hydrogen) atoms. The van der Waals surface area contributed by atoms with E-state index in [2.05, 4.69) is 20.5 Å². The highest BCUT2D eigenvalue weighted by Gasteiger charge is 2.20. The monoisotopic (exact) mass is 397 g/mol. The molecule has 0 aliphatic rings. The molecule has 2 heterocycles.